The van der Waals surface area contributed by atoms with Crippen molar-refractivity contribution in [3.8, 4) is 0 Å². The smallest absolute Gasteiger partial charge is 0.269 e. The summed E-state index contributed by atoms with van der Waals surface area (Å²) in [4.78, 5) is 37.1. The molecule has 1 N–H and O–H groups in total. The molecule has 1 aromatic carbocycles. The fourth-order valence-electron chi connectivity index (χ4n) is 2.88. The molecule has 27 heavy (non-hydrogen) atoms. The lowest BCUT2D eigenvalue weighted by Crippen LogP contribution is -2.46. The number of hydrogen-bond acceptors (Lipinski definition) is 6. The minimum atomic E-state index is -0.454. The van der Waals surface area contributed by atoms with Crippen LogP contribution < -0.4 is 5.32 Å². The quantitative estimate of drug-likeness (QED) is 0.463. The van der Waals surface area contributed by atoms with Crippen LogP contribution in [0.1, 0.15) is 23.2 Å². The molecule has 9 heteroatoms. The van der Waals surface area contributed by atoms with Gasteiger partial charge in [-0.05, 0) is 31.0 Å². The average molecular weight is 389 g/mol. The van der Waals surface area contributed by atoms with Gasteiger partial charge in [0.1, 0.15) is 6.26 Å². The van der Waals surface area contributed by atoms with Crippen molar-refractivity contribution in [2.24, 2.45) is 0 Å². The van der Waals surface area contributed by atoms with Crippen molar-refractivity contribution in [2.75, 3.05) is 18.8 Å². The molecule has 0 unspecified atom stereocenters. The summed E-state index contributed by atoms with van der Waals surface area (Å²) in [6.45, 7) is 1.18. The highest BCUT2D eigenvalue weighted by Crippen LogP contribution is 2.21. The highest BCUT2D eigenvalue weighted by Gasteiger charge is 2.25. The van der Waals surface area contributed by atoms with Crippen LogP contribution in [0.3, 0.4) is 0 Å². The Bertz CT molecular complexity index is 799. The average Bonchev–Trinajstić information content (AvgIpc) is 3.21. The van der Waals surface area contributed by atoms with Crippen molar-refractivity contribution >= 4 is 29.3 Å². The molecule has 0 bridgehead atoms. The van der Waals surface area contributed by atoms with Gasteiger partial charge in [0, 0.05) is 36.2 Å². The van der Waals surface area contributed by atoms with E-state index in [0.29, 0.717) is 31.5 Å². The highest BCUT2D eigenvalue weighted by atomic mass is 32.2. The first-order valence-electron chi connectivity index (χ1n) is 8.51. The lowest BCUT2D eigenvalue weighted by atomic mass is 10.0. The Morgan fingerprint density at radius 3 is 2.52 bits per heavy atom. The van der Waals surface area contributed by atoms with E-state index in [1.807, 2.05) is 0 Å². The van der Waals surface area contributed by atoms with Crippen molar-refractivity contribution in [3.63, 3.8) is 0 Å². The Labute approximate surface area is 160 Å². The molecule has 1 aliphatic rings. The second-order valence-electron chi connectivity index (χ2n) is 6.19. The zero-order chi connectivity index (χ0) is 19.2. The summed E-state index contributed by atoms with van der Waals surface area (Å²) in [5.74, 6) is 0.103. The second-order valence-corrected chi connectivity index (χ2v) is 7.23. The Morgan fingerprint density at radius 2 is 1.93 bits per heavy atom. The van der Waals surface area contributed by atoms with Gasteiger partial charge >= 0.3 is 0 Å². The van der Waals surface area contributed by atoms with Crippen LogP contribution >= 0.6 is 11.8 Å². The number of carbonyl (C=O) groups is 2. The molecule has 0 spiro atoms. The summed E-state index contributed by atoms with van der Waals surface area (Å²) in [5.41, 5.74) is 0.567. The Kier molecular flexibility index (Phi) is 6.12. The zero-order valence-electron chi connectivity index (χ0n) is 14.5. The number of nitrogens with zero attached hydrogens (tertiary/aromatic N) is 2. The summed E-state index contributed by atoms with van der Waals surface area (Å²) in [6.07, 6.45) is 4.32. The first kappa shape index (κ1) is 19.0. The van der Waals surface area contributed by atoms with E-state index in [2.05, 4.69) is 5.32 Å². The van der Waals surface area contributed by atoms with Crippen LogP contribution in [0.15, 0.2) is 52.2 Å². The predicted octanol–water partition coefficient (Wildman–Crippen LogP) is 2.70. The number of carbonyl (C=O) groups excluding carboxylic acids is 2. The molecule has 2 heterocycles. The molecule has 1 fully saturated rings. The van der Waals surface area contributed by atoms with E-state index in [1.165, 1.54) is 36.4 Å². The number of nitro groups is 1. The Morgan fingerprint density at radius 1 is 1.22 bits per heavy atom. The summed E-state index contributed by atoms with van der Waals surface area (Å²) in [5, 5.41) is 13.6. The number of furan rings is 1. The van der Waals surface area contributed by atoms with Crippen molar-refractivity contribution in [2.45, 2.75) is 23.8 Å². The molecular weight excluding hydrogens is 370 g/mol. The lowest BCUT2D eigenvalue weighted by molar-refractivity contribution is -0.384. The number of rotatable bonds is 6. The molecule has 0 aliphatic carbocycles. The van der Waals surface area contributed by atoms with Crippen LogP contribution in [0.5, 0.6) is 0 Å². The van der Waals surface area contributed by atoms with Crippen LogP contribution in [0.2, 0.25) is 0 Å². The van der Waals surface area contributed by atoms with Crippen molar-refractivity contribution < 1.29 is 18.9 Å². The third kappa shape index (κ3) is 5.10. The van der Waals surface area contributed by atoms with Gasteiger partial charge in [-0.15, -0.1) is 11.8 Å². The van der Waals surface area contributed by atoms with Crippen LogP contribution in [0, 0.1) is 10.1 Å². The lowest BCUT2D eigenvalue weighted by Gasteiger charge is -2.32. The van der Waals surface area contributed by atoms with E-state index in [4.69, 9.17) is 4.42 Å². The molecule has 2 amide bonds. The Balaban J connectivity index is 1.40. The topological polar surface area (TPSA) is 106 Å². The largest absolute Gasteiger partial charge is 0.472 e. The molecule has 0 radical (unpaired) electrons. The van der Waals surface area contributed by atoms with Gasteiger partial charge in [-0.1, -0.05) is 0 Å². The van der Waals surface area contributed by atoms with Gasteiger partial charge in [0.2, 0.25) is 5.91 Å². The first-order valence-corrected chi connectivity index (χ1v) is 9.49. The molecule has 8 nitrogen and oxygen atoms in total. The Hall–Kier alpha value is -2.81. The number of nitrogens with one attached hydrogen (secondary N) is 1. The molecule has 0 saturated carbocycles. The van der Waals surface area contributed by atoms with Crippen LogP contribution in [-0.4, -0.2) is 46.5 Å². The fraction of sp³-hybridized carbons (Fsp3) is 0.333. The van der Waals surface area contributed by atoms with Gasteiger partial charge in [-0.3, -0.25) is 19.7 Å². The summed E-state index contributed by atoms with van der Waals surface area (Å²) >= 11 is 1.33. The maximum Gasteiger partial charge on any atom is 0.269 e. The van der Waals surface area contributed by atoms with Crippen LogP contribution in [0.4, 0.5) is 5.69 Å². The minimum Gasteiger partial charge on any atom is -0.472 e. The van der Waals surface area contributed by atoms with E-state index in [9.17, 15) is 19.7 Å². The molecule has 3 rings (SSSR count). The van der Waals surface area contributed by atoms with Crippen LogP contribution in [0.25, 0.3) is 0 Å². The molecule has 2 aromatic rings. The summed E-state index contributed by atoms with van der Waals surface area (Å²) in [6, 6.07) is 7.81. The summed E-state index contributed by atoms with van der Waals surface area (Å²) < 4.78 is 4.94. The third-order valence-corrected chi connectivity index (χ3v) is 5.34. The molecule has 142 valence electrons. The standard InChI is InChI=1S/C18H19N3O5S/c22-17(12-27-16-3-1-15(2-4-16)21(24)25)19-14-5-8-20(9-6-14)18(23)13-7-10-26-11-13/h1-4,7,10-11,14H,5-6,8-9,12H2,(H,19,22). The molecule has 1 aliphatic heterocycles. The zero-order valence-corrected chi connectivity index (χ0v) is 15.3. The van der Waals surface area contributed by atoms with Gasteiger partial charge < -0.3 is 14.6 Å². The number of hydrogen-bond donors (Lipinski definition) is 1. The van der Waals surface area contributed by atoms with E-state index >= 15 is 0 Å². The van der Waals surface area contributed by atoms with E-state index < -0.39 is 4.92 Å². The molecule has 1 saturated heterocycles. The maximum atomic E-state index is 12.2. The number of thioether (sulfide) groups is 1. The summed E-state index contributed by atoms with van der Waals surface area (Å²) in [7, 11) is 0. The fourth-order valence-corrected chi connectivity index (χ4v) is 3.59. The van der Waals surface area contributed by atoms with Crippen LogP contribution in [-0.2, 0) is 4.79 Å². The highest BCUT2D eigenvalue weighted by molar-refractivity contribution is 8.00. The predicted molar refractivity (Wildman–Crippen MR) is 99.6 cm³/mol. The SMILES string of the molecule is O=C(CSc1ccc([N+](=O)[O-])cc1)NC1CCN(C(=O)c2ccoc2)CC1. The van der Waals surface area contributed by atoms with E-state index in [0.717, 1.165) is 4.90 Å². The van der Waals surface area contributed by atoms with Gasteiger partial charge in [-0.25, -0.2) is 0 Å². The number of piperidine rings is 1. The van der Waals surface area contributed by atoms with Gasteiger partial charge in [0.05, 0.1) is 22.5 Å². The van der Waals surface area contributed by atoms with E-state index in [1.54, 1.807) is 23.1 Å². The van der Waals surface area contributed by atoms with Crippen molar-refractivity contribution in [3.05, 3.63) is 58.5 Å². The van der Waals surface area contributed by atoms with Crippen molar-refractivity contribution in [1.82, 2.24) is 10.2 Å². The monoisotopic (exact) mass is 389 g/mol. The number of amides is 2. The second kappa shape index (κ2) is 8.72. The first-order chi connectivity index (χ1) is 13.0. The number of benzene rings is 1. The van der Waals surface area contributed by atoms with Crippen molar-refractivity contribution in [1.29, 1.82) is 0 Å². The number of nitro benzene ring substituents is 1. The number of non-ortho nitro benzene ring substituents is 1. The van der Waals surface area contributed by atoms with Gasteiger partial charge in [0.25, 0.3) is 11.6 Å². The molecular formula is C18H19N3O5S. The molecule has 1 aromatic heterocycles. The normalized spacial score (nSPS) is 14.7. The number of likely N-dealkylation sites (tertiary alicyclic amines) is 1. The maximum absolute atomic E-state index is 12.2. The minimum absolute atomic E-state index is 0.0283. The van der Waals surface area contributed by atoms with Gasteiger partial charge in [-0.2, -0.15) is 0 Å². The van der Waals surface area contributed by atoms with Gasteiger partial charge in [0.15, 0.2) is 0 Å². The van der Waals surface area contributed by atoms with E-state index in [-0.39, 0.29) is 29.3 Å². The third-order valence-electron chi connectivity index (χ3n) is 4.33. The molecule has 0 atom stereocenters.